The molecular weight excluding hydrogens is 707 g/mol. The molecule has 1 aliphatic carbocycles. The van der Waals surface area contributed by atoms with Gasteiger partial charge in [-0.3, -0.25) is 19.3 Å². The van der Waals surface area contributed by atoms with Crippen LogP contribution in [0.1, 0.15) is 132 Å². The highest BCUT2D eigenvalue weighted by atomic mass is 16.7. The number of carbonyl (C=O) groups is 3. The molecule has 1 saturated carbocycles. The van der Waals surface area contributed by atoms with Crippen LogP contribution in [0.25, 0.3) is 11.1 Å². The van der Waals surface area contributed by atoms with Crippen LogP contribution in [0.5, 0.6) is 0 Å². The molecule has 6 atom stereocenters. The van der Waals surface area contributed by atoms with Crippen molar-refractivity contribution in [3.8, 4) is 11.1 Å². The molecule has 2 aliphatic heterocycles. The van der Waals surface area contributed by atoms with E-state index in [-0.39, 0.29) is 48.6 Å². The zero-order chi connectivity index (χ0) is 39.7. The van der Waals surface area contributed by atoms with Gasteiger partial charge < -0.3 is 30.3 Å². The molecule has 2 saturated heterocycles. The van der Waals surface area contributed by atoms with Gasteiger partial charge in [0.25, 0.3) is 0 Å². The molecule has 56 heavy (non-hydrogen) atoms. The predicted molar refractivity (Wildman–Crippen MR) is 216 cm³/mol. The number of rotatable bonds is 15. The maximum atomic E-state index is 13.8. The number of aliphatic carboxylic acids is 1. The van der Waals surface area contributed by atoms with Gasteiger partial charge in [0.2, 0.25) is 11.8 Å². The van der Waals surface area contributed by atoms with Crippen molar-refractivity contribution in [1.82, 2.24) is 15.5 Å². The quantitative estimate of drug-likeness (QED) is 0.114. The van der Waals surface area contributed by atoms with Crippen molar-refractivity contribution >= 4 is 17.8 Å². The monoisotopic (exact) mass is 767 g/mol. The fraction of sp³-hybridized carbons (Fsp3) is 0.543. The lowest BCUT2D eigenvalue weighted by Crippen LogP contribution is -2.61. The lowest BCUT2D eigenvalue weighted by Gasteiger charge is -2.50. The summed E-state index contributed by atoms with van der Waals surface area (Å²) in [4.78, 5) is 39.4. The first kappa shape index (κ1) is 41.5. The summed E-state index contributed by atoms with van der Waals surface area (Å²) in [5.74, 6) is -0.134. The number of nitrogens with zero attached hydrogens (tertiary/aromatic N) is 1. The summed E-state index contributed by atoms with van der Waals surface area (Å²) in [7, 11) is 0. The van der Waals surface area contributed by atoms with E-state index in [2.05, 4.69) is 51.9 Å². The summed E-state index contributed by atoms with van der Waals surface area (Å²) in [6.45, 7) is 7.18. The van der Waals surface area contributed by atoms with Crippen LogP contribution in [0.2, 0.25) is 0 Å². The van der Waals surface area contributed by atoms with Gasteiger partial charge in [-0.15, -0.1) is 0 Å². The van der Waals surface area contributed by atoms with Crippen LogP contribution in [0, 0.1) is 5.92 Å². The molecule has 3 fully saturated rings. The van der Waals surface area contributed by atoms with Crippen LogP contribution >= 0.6 is 0 Å². The van der Waals surface area contributed by atoms with E-state index in [1.807, 2.05) is 57.2 Å². The van der Waals surface area contributed by atoms with Gasteiger partial charge in [0.1, 0.15) is 0 Å². The number of aliphatic hydroxyl groups excluding tert-OH is 1. The number of aliphatic hydroxyl groups is 1. The maximum absolute atomic E-state index is 13.8. The predicted octanol–water partition coefficient (Wildman–Crippen LogP) is 7.98. The Morgan fingerprint density at radius 2 is 1.54 bits per heavy atom. The summed E-state index contributed by atoms with van der Waals surface area (Å²) in [6.07, 6.45) is 8.85. The Bertz CT molecular complexity index is 1760. The van der Waals surface area contributed by atoms with Gasteiger partial charge in [-0.1, -0.05) is 86.0 Å². The Labute approximate surface area is 332 Å². The molecule has 10 nitrogen and oxygen atoms in total. The van der Waals surface area contributed by atoms with Crippen LogP contribution in [-0.2, 0) is 37.0 Å². The number of unbranched alkanes of at least 4 members (excludes halogenated alkanes) is 2. The van der Waals surface area contributed by atoms with Crippen molar-refractivity contribution in [1.29, 1.82) is 0 Å². The van der Waals surface area contributed by atoms with Crippen LogP contribution < -0.4 is 10.6 Å². The lowest BCUT2D eigenvalue weighted by molar-refractivity contribution is -0.255. The van der Waals surface area contributed by atoms with E-state index >= 15 is 0 Å². The van der Waals surface area contributed by atoms with Crippen molar-refractivity contribution in [2.24, 2.45) is 5.92 Å². The third-order valence-electron chi connectivity index (χ3n) is 11.6. The summed E-state index contributed by atoms with van der Waals surface area (Å²) in [6, 6.07) is 24.5. The Balaban J connectivity index is 1.16. The first-order chi connectivity index (χ1) is 27.0. The van der Waals surface area contributed by atoms with E-state index in [0.29, 0.717) is 50.7 Å². The molecule has 10 heteroatoms. The summed E-state index contributed by atoms with van der Waals surface area (Å²) < 4.78 is 13.6. The maximum Gasteiger partial charge on any atom is 0.303 e. The second-order valence-corrected chi connectivity index (χ2v) is 17.0. The third-order valence-corrected chi connectivity index (χ3v) is 11.6. The fourth-order valence-corrected chi connectivity index (χ4v) is 8.72. The average Bonchev–Trinajstić information content (AvgIpc) is 3.19. The van der Waals surface area contributed by atoms with Crippen LogP contribution in [0.3, 0.4) is 0 Å². The Morgan fingerprint density at radius 3 is 2.27 bits per heavy atom. The van der Waals surface area contributed by atoms with Gasteiger partial charge in [-0.05, 0) is 99.1 Å². The molecule has 0 radical (unpaired) electrons. The number of benzene rings is 3. The number of hydrogen-bond donors (Lipinski definition) is 4. The second-order valence-electron chi connectivity index (χ2n) is 17.0. The number of carbonyl (C=O) groups excluding carboxylic acids is 2. The van der Waals surface area contributed by atoms with Gasteiger partial charge in [-0.2, -0.15) is 0 Å². The van der Waals surface area contributed by atoms with Crippen molar-refractivity contribution in [3.05, 3.63) is 95.1 Å². The van der Waals surface area contributed by atoms with E-state index < -0.39 is 12.3 Å². The van der Waals surface area contributed by atoms with Crippen molar-refractivity contribution in [2.75, 3.05) is 6.54 Å². The molecule has 6 rings (SSSR count). The molecule has 0 bridgehead atoms. The minimum atomic E-state index is -0.804. The van der Waals surface area contributed by atoms with Crippen molar-refractivity contribution < 1.29 is 34.1 Å². The smallest absolute Gasteiger partial charge is 0.303 e. The number of carboxylic acids is 1. The van der Waals surface area contributed by atoms with Gasteiger partial charge in [0.05, 0.1) is 24.9 Å². The van der Waals surface area contributed by atoms with Gasteiger partial charge in [0.15, 0.2) is 6.29 Å². The molecule has 3 aromatic carbocycles. The first-order valence-electron chi connectivity index (χ1n) is 20.7. The van der Waals surface area contributed by atoms with Crippen LogP contribution in [0.15, 0.2) is 72.8 Å². The molecule has 0 aromatic heterocycles. The number of fused-ring (bicyclic) bond motifs is 1. The standard InChI is InChI=1S/C46H61N3O7/c1-46(2,3)48-44(54)40-25-24-34-11-7-8-13-39(34)49(40)29-38-27-41(35-18-16-31(30-50)17-19-35)56-45(55-38)36-22-20-33(21-23-36)37-12-9-10-32(26-37)28-47-42(51)14-5-4-6-15-43(52)53/h9-10,12,16-23,26,34,38-41,45,50H,4-8,11,13-15,24-25,27-30H2,1-3H3,(H,47,51)(H,48,54)(H,52,53)/t34-,38+,39-,40-,41-,45-/m1/s1. The number of likely N-dealkylation sites (tertiary alicyclic amines) is 1. The summed E-state index contributed by atoms with van der Waals surface area (Å²) >= 11 is 0. The van der Waals surface area contributed by atoms with E-state index in [0.717, 1.165) is 59.1 Å². The second kappa shape index (κ2) is 19.4. The zero-order valence-corrected chi connectivity index (χ0v) is 33.4. The Morgan fingerprint density at radius 1 is 0.804 bits per heavy atom. The molecule has 302 valence electrons. The number of nitrogens with one attached hydrogen (secondary N) is 2. The highest BCUT2D eigenvalue weighted by Gasteiger charge is 2.44. The molecule has 0 spiro atoms. The molecule has 3 aliphatic rings. The molecule has 0 unspecified atom stereocenters. The molecular formula is C46H61N3O7. The Kier molecular flexibility index (Phi) is 14.4. The number of piperidine rings is 1. The normalized spacial score (nSPS) is 24.2. The molecule has 3 aromatic rings. The lowest BCUT2D eigenvalue weighted by atomic mass is 9.75. The molecule has 2 amide bonds. The highest BCUT2D eigenvalue weighted by Crippen LogP contribution is 2.42. The van der Waals surface area contributed by atoms with E-state index in [1.165, 1.54) is 19.3 Å². The zero-order valence-electron chi connectivity index (χ0n) is 33.4. The van der Waals surface area contributed by atoms with E-state index in [4.69, 9.17) is 14.6 Å². The average molecular weight is 768 g/mol. The minimum Gasteiger partial charge on any atom is -0.481 e. The SMILES string of the molecule is CC(C)(C)NC(=O)[C@H]1CC[C@H]2CCCC[C@H]2N1C[C@@H]1C[C@H](c2ccc(CO)cc2)O[C@H](c2ccc(-c3cccc(CNC(=O)CCCCCC(=O)O)c3)cc2)O1. The molecule has 4 N–H and O–H groups in total. The first-order valence-corrected chi connectivity index (χ1v) is 20.7. The minimum absolute atomic E-state index is 0.0167. The van der Waals surface area contributed by atoms with E-state index in [9.17, 15) is 19.5 Å². The largest absolute Gasteiger partial charge is 0.481 e. The summed E-state index contributed by atoms with van der Waals surface area (Å²) in [5, 5.41) is 24.8. The van der Waals surface area contributed by atoms with Crippen molar-refractivity contribution in [3.63, 3.8) is 0 Å². The van der Waals surface area contributed by atoms with Crippen molar-refractivity contribution in [2.45, 2.75) is 147 Å². The number of carboxylic acid groups (broad SMARTS) is 1. The summed E-state index contributed by atoms with van der Waals surface area (Å²) in [5.41, 5.74) is 5.56. The van der Waals surface area contributed by atoms with Gasteiger partial charge in [0, 0.05) is 49.5 Å². The number of amides is 2. The van der Waals surface area contributed by atoms with Gasteiger partial charge in [-0.25, -0.2) is 0 Å². The highest BCUT2D eigenvalue weighted by molar-refractivity contribution is 5.82. The van der Waals surface area contributed by atoms with Crippen LogP contribution in [0.4, 0.5) is 0 Å². The number of hydrogen-bond acceptors (Lipinski definition) is 7. The topological polar surface area (TPSA) is 137 Å². The fourth-order valence-electron chi connectivity index (χ4n) is 8.72. The van der Waals surface area contributed by atoms with Crippen LogP contribution in [-0.4, -0.2) is 63.2 Å². The van der Waals surface area contributed by atoms with Gasteiger partial charge >= 0.3 is 5.97 Å². The number of ether oxygens (including phenoxy) is 2. The Hall–Kier alpha value is -4.09. The van der Waals surface area contributed by atoms with E-state index in [1.54, 1.807) is 0 Å². The molecule has 2 heterocycles. The third kappa shape index (κ3) is 11.5.